The van der Waals surface area contributed by atoms with E-state index in [0.29, 0.717) is 6.54 Å². The molecule has 0 saturated heterocycles. The molecule has 0 aromatic heterocycles. The van der Waals surface area contributed by atoms with Gasteiger partial charge in [0.15, 0.2) is 5.75 Å². The number of alkyl halides is 3. The molecule has 0 saturated carbocycles. The number of nitrogens with one attached hydrogen (secondary N) is 2. The molecule has 3 atom stereocenters. The first kappa shape index (κ1) is 25.2. The molecule has 1 aromatic carbocycles. The third-order valence-corrected chi connectivity index (χ3v) is 6.11. The predicted octanol–water partition coefficient (Wildman–Crippen LogP) is 2.08. The first-order valence-electron chi connectivity index (χ1n) is 9.67. The van der Waals surface area contributed by atoms with E-state index in [1.165, 1.54) is 23.1 Å². The molecule has 12 heteroatoms. The van der Waals surface area contributed by atoms with Gasteiger partial charge in [-0.25, -0.2) is 8.42 Å². The van der Waals surface area contributed by atoms with E-state index < -0.39 is 27.9 Å². The lowest BCUT2D eigenvalue weighted by Gasteiger charge is -2.30. The summed E-state index contributed by atoms with van der Waals surface area (Å²) in [6, 6.07) is 3.74. The van der Waals surface area contributed by atoms with Crippen LogP contribution in [0.5, 0.6) is 5.75 Å². The lowest BCUT2D eigenvalue weighted by Crippen LogP contribution is -2.44. The maximum atomic E-state index is 13.1. The molecule has 0 aliphatic carbocycles. The summed E-state index contributed by atoms with van der Waals surface area (Å²) < 4.78 is 74.3. The molecular formula is C19H28F3N3O5S. The minimum Gasteiger partial charge on any atom is -0.491 e. The summed E-state index contributed by atoms with van der Waals surface area (Å²) in [7, 11) is -1.57. The van der Waals surface area contributed by atoms with Gasteiger partial charge in [0, 0.05) is 39.0 Å². The number of hydrogen-bond acceptors (Lipinski definition) is 6. The average molecular weight is 468 g/mol. The topological polar surface area (TPSA) is 97.0 Å². The lowest BCUT2D eigenvalue weighted by atomic mass is 10.0. The molecular weight excluding hydrogens is 439 g/mol. The van der Waals surface area contributed by atoms with E-state index in [-0.39, 0.29) is 48.2 Å². The van der Waals surface area contributed by atoms with Crippen molar-refractivity contribution >= 4 is 21.6 Å². The molecule has 2 rings (SSSR count). The second-order valence-corrected chi connectivity index (χ2v) is 9.47. The van der Waals surface area contributed by atoms with Gasteiger partial charge in [0.25, 0.3) is 5.91 Å². The predicted molar refractivity (Wildman–Crippen MR) is 110 cm³/mol. The summed E-state index contributed by atoms with van der Waals surface area (Å²) in [6.45, 7) is 5.04. The van der Waals surface area contributed by atoms with Crippen molar-refractivity contribution < 1.29 is 35.9 Å². The molecule has 0 unspecified atom stereocenters. The monoisotopic (exact) mass is 467 g/mol. The molecule has 31 heavy (non-hydrogen) atoms. The Labute approximate surface area is 180 Å². The quantitative estimate of drug-likeness (QED) is 0.704. The van der Waals surface area contributed by atoms with Gasteiger partial charge in [-0.1, -0.05) is 6.92 Å². The molecule has 176 valence electrons. The average Bonchev–Trinajstić information content (AvgIpc) is 2.65. The van der Waals surface area contributed by atoms with Crippen LogP contribution in [0.25, 0.3) is 0 Å². The zero-order chi connectivity index (χ0) is 23.4. The number of methoxy groups -OCH3 is 1. The minimum atomic E-state index is -4.89. The Morgan fingerprint density at radius 2 is 2.00 bits per heavy atom. The SMILES string of the molecule is CO[C@@H]1CN(C)C(=O)c2cc(NS(=O)(=O)CC(F)(F)F)ccc2OC[C@H](C)NC[C@H]1C. The van der Waals surface area contributed by atoms with Crippen LogP contribution in [-0.2, 0) is 14.8 Å². The van der Waals surface area contributed by atoms with Crippen LogP contribution in [0.4, 0.5) is 18.9 Å². The number of ether oxygens (including phenoxy) is 2. The maximum Gasteiger partial charge on any atom is 0.404 e. The highest BCUT2D eigenvalue weighted by molar-refractivity contribution is 7.92. The molecule has 0 bridgehead atoms. The zero-order valence-electron chi connectivity index (χ0n) is 17.8. The number of hydrogen-bond donors (Lipinski definition) is 2. The molecule has 2 N–H and O–H groups in total. The van der Waals surface area contributed by atoms with Gasteiger partial charge in [0.1, 0.15) is 12.4 Å². The third kappa shape index (κ3) is 7.54. The van der Waals surface area contributed by atoms with E-state index in [2.05, 4.69) is 5.32 Å². The third-order valence-electron chi connectivity index (χ3n) is 4.85. The molecule has 8 nitrogen and oxygen atoms in total. The van der Waals surface area contributed by atoms with Crippen LogP contribution >= 0.6 is 0 Å². The summed E-state index contributed by atoms with van der Waals surface area (Å²) in [5, 5.41) is 3.33. The number of anilines is 1. The van der Waals surface area contributed by atoms with E-state index >= 15 is 0 Å². The number of carbonyl (C=O) groups is 1. The van der Waals surface area contributed by atoms with Crippen molar-refractivity contribution in [2.45, 2.75) is 32.2 Å². The number of amides is 1. The van der Waals surface area contributed by atoms with Crippen molar-refractivity contribution in [3.63, 3.8) is 0 Å². The van der Waals surface area contributed by atoms with Crippen LogP contribution in [0.1, 0.15) is 24.2 Å². The number of carbonyl (C=O) groups excluding carboxylic acids is 1. The van der Waals surface area contributed by atoms with E-state index in [4.69, 9.17) is 9.47 Å². The summed E-state index contributed by atoms with van der Waals surface area (Å²) >= 11 is 0. The Bertz CT molecular complexity index is 879. The number of likely N-dealkylation sites (N-methyl/N-ethyl adjacent to an activating group) is 1. The minimum absolute atomic E-state index is 0.0324. The number of rotatable bonds is 4. The molecule has 1 heterocycles. The Morgan fingerprint density at radius 3 is 2.61 bits per heavy atom. The molecule has 1 aliphatic rings. The largest absolute Gasteiger partial charge is 0.491 e. The van der Waals surface area contributed by atoms with Crippen molar-refractivity contribution in [2.75, 3.05) is 44.3 Å². The summed E-state index contributed by atoms with van der Waals surface area (Å²) in [4.78, 5) is 14.5. The van der Waals surface area contributed by atoms with Gasteiger partial charge < -0.3 is 19.7 Å². The van der Waals surface area contributed by atoms with Crippen LogP contribution < -0.4 is 14.8 Å². The van der Waals surface area contributed by atoms with Gasteiger partial charge in [-0.05, 0) is 31.0 Å². The highest BCUT2D eigenvalue weighted by Gasteiger charge is 2.35. The number of nitrogens with zero attached hydrogens (tertiary/aromatic N) is 1. The van der Waals surface area contributed by atoms with E-state index in [0.717, 1.165) is 0 Å². The molecule has 0 radical (unpaired) electrons. The van der Waals surface area contributed by atoms with Gasteiger partial charge in [0.05, 0.1) is 11.7 Å². The maximum absolute atomic E-state index is 13.1. The molecule has 1 aliphatic heterocycles. The van der Waals surface area contributed by atoms with Crippen molar-refractivity contribution in [1.29, 1.82) is 0 Å². The van der Waals surface area contributed by atoms with Gasteiger partial charge in [-0.3, -0.25) is 9.52 Å². The summed E-state index contributed by atoms with van der Waals surface area (Å²) in [6.07, 6.45) is -5.15. The van der Waals surface area contributed by atoms with Crippen LogP contribution in [0.2, 0.25) is 0 Å². The van der Waals surface area contributed by atoms with Gasteiger partial charge in [-0.2, -0.15) is 13.2 Å². The van der Waals surface area contributed by atoms with Crippen molar-refractivity contribution in [2.24, 2.45) is 5.92 Å². The fraction of sp³-hybridized carbons (Fsp3) is 0.632. The Morgan fingerprint density at radius 1 is 1.32 bits per heavy atom. The van der Waals surface area contributed by atoms with Crippen molar-refractivity contribution in [1.82, 2.24) is 10.2 Å². The molecule has 1 aromatic rings. The fourth-order valence-electron chi connectivity index (χ4n) is 3.16. The van der Waals surface area contributed by atoms with Crippen LogP contribution in [-0.4, -0.2) is 77.2 Å². The number of fused-ring (bicyclic) bond motifs is 1. The van der Waals surface area contributed by atoms with Crippen LogP contribution in [0.3, 0.4) is 0 Å². The smallest absolute Gasteiger partial charge is 0.404 e. The van der Waals surface area contributed by atoms with Crippen molar-refractivity contribution in [3.8, 4) is 5.75 Å². The summed E-state index contributed by atoms with van der Waals surface area (Å²) in [5.41, 5.74) is -0.131. The number of benzene rings is 1. The van der Waals surface area contributed by atoms with Gasteiger partial charge in [-0.15, -0.1) is 0 Å². The highest BCUT2D eigenvalue weighted by Crippen LogP contribution is 2.27. The first-order chi connectivity index (χ1) is 14.3. The van der Waals surface area contributed by atoms with Gasteiger partial charge in [0.2, 0.25) is 10.0 Å². The molecule has 0 spiro atoms. The highest BCUT2D eigenvalue weighted by atomic mass is 32.2. The van der Waals surface area contributed by atoms with Crippen molar-refractivity contribution in [3.05, 3.63) is 23.8 Å². The fourth-order valence-corrected chi connectivity index (χ4v) is 4.14. The Kier molecular flexibility index (Phi) is 8.17. The molecule has 1 amide bonds. The second kappa shape index (κ2) is 10.0. The number of sulfonamides is 1. The lowest BCUT2D eigenvalue weighted by molar-refractivity contribution is -0.106. The second-order valence-electron chi connectivity index (χ2n) is 7.74. The Balaban J connectivity index is 2.37. The van der Waals surface area contributed by atoms with E-state index in [1.54, 1.807) is 14.2 Å². The number of halogens is 3. The standard InChI is InChI=1S/C19H28F3N3O5S/c1-12-8-23-13(2)10-30-16-6-5-14(24-31(27,28)11-19(20,21)22)7-15(16)18(26)25(3)9-17(12)29-4/h5-7,12-13,17,23-24H,8-11H2,1-4H3/t12-,13+,17-/m1/s1. The Hall–Kier alpha value is -2.05. The van der Waals surface area contributed by atoms with Crippen LogP contribution in [0.15, 0.2) is 18.2 Å². The first-order valence-corrected chi connectivity index (χ1v) is 11.3. The van der Waals surface area contributed by atoms with E-state index in [9.17, 15) is 26.4 Å². The summed E-state index contributed by atoms with van der Waals surface area (Å²) in [5.74, 6) is -2.21. The van der Waals surface area contributed by atoms with Gasteiger partial charge >= 0.3 is 6.18 Å². The van der Waals surface area contributed by atoms with Crippen LogP contribution in [0, 0.1) is 5.92 Å². The van der Waals surface area contributed by atoms with E-state index in [1.807, 2.05) is 18.6 Å². The molecule has 0 fully saturated rings. The normalized spacial score (nSPS) is 23.9. The zero-order valence-corrected chi connectivity index (χ0v) is 18.6.